The molecule has 38 heavy (non-hydrogen) atoms. The maximum absolute atomic E-state index is 13.9. The molecule has 6 rings (SSSR count). The summed E-state index contributed by atoms with van der Waals surface area (Å²) in [5.74, 6) is 4.81. The van der Waals surface area contributed by atoms with Crippen molar-refractivity contribution in [2.75, 3.05) is 57.5 Å². The van der Waals surface area contributed by atoms with Gasteiger partial charge in [-0.25, -0.2) is 4.98 Å². The van der Waals surface area contributed by atoms with Gasteiger partial charge < -0.3 is 24.2 Å². The van der Waals surface area contributed by atoms with Crippen molar-refractivity contribution < 1.29 is 14.3 Å². The van der Waals surface area contributed by atoms with Gasteiger partial charge in [-0.05, 0) is 66.8 Å². The summed E-state index contributed by atoms with van der Waals surface area (Å²) in [6.07, 6.45) is 7.73. The largest absolute Gasteiger partial charge is 0.454 e. The number of hydrogen-bond acceptors (Lipinski definition) is 6. The molecule has 3 aliphatic heterocycles. The number of halogens is 1. The number of carbonyl (C=O) groups excluding carboxylic acids is 1. The van der Waals surface area contributed by atoms with E-state index in [4.69, 9.17) is 21.1 Å². The maximum Gasteiger partial charge on any atom is 0.231 e. The summed E-state index contributed by atoms with van der Waals surface area (Å²) in [4.78, 5) is 25.4. The Kier molecular flexibility index (Phi) is 7.66. The monoisotopic (exact) mass is 538 g/mol. The first-order valence-electron chi connectivity index (χ1n) is 14.3. The molecule has 204 valence electrons. The van der Waals surface area contributed by atoms with E-state index in [1.807, 2.05) is 18.2 Å². The fourth-order valence-corrected chi connectivity index (χ4v) is 7.26. The molecule has 2 aromatic rings. The molecule has 7 nitrogen and oxygen atoms in total. The molecule has 8 heteroatoms. The van der Waals surface area contributed by atoms with Gasteiger partial charge in [0.25, 0.3) is 0 Å². The Morgan fingerprint density at radius 1 is 1.05 bits per heavy atom. The lowest BCUT2D eigenvalue weighted by Crippen LogP contribution is -2.57. The molecule has 1 aromatic carbocycles. The number of carbonyl (C=O) groups is 1. The zero-order chi connectivity index (χ0) is 26.1. The molecule has 0 bridgehead atoms. The van der Waals surface area contributed by atoms with Crippen molar-refractivity contribution in [1.82, 2.24) is 14.8 Å². The molecule has 4 atom stereocenters. The predicted octanol–water partition coefficient (Wildman–Crippen LogP) is 4.73. The first-order valence-corrected chi connectivity index (χ1v) is 14.7. The minimum Gasteiger partial charge on any atom is -0.454 e. The summed E-state index contributed by atoms with van der Waals surface area (Å²) >= 11 is 6.01. The maximum atomic E-state index is 13.9. The number of amides is 1. The lowest BCUT2D eigenvalue weighted by atomic mass is 9.69. The van der Waals surface area contributed by atoms with E-state index in [9.17, 15) is 4.79 Å². The van der Waals surface area contributed by atoms with E-state index in [-0.39, 0.29) is 5.92 Å². The molecule has 1 aromatic heterocycles. The van der Waals surface area contributed by atoms with Gasteiger partial charge in [0, 0.05) is 52.0 Å². The Labute approximate surface area is 231 Å². The second-order valence-corrected chi connectivity index (χ2v) is 12.1. The standard InChI is InChI=1S/C30H39ClN4O3/c1-21(14-22-6-8-27-28(15-22)38-20-37-27)17-33-18-23-4-2-3-5-25(23)26(19-33)30(36)35-12-10-34(11-13-35)29-9-7-24(31)16-32-29/h6-9,15-16,21,23,25-26H,2-5,10-14,17-20H2,1H3. The van der Waals surface area contributed by atoms with E-state index >= 15 is 0 Å². The van der Waals surface area contributed by atoms with E-state index in [1.54, 1.807) is 6.20 Å². The van der Waals surface area contributed by atoms with Crippen LogP contribution in [0.3, 0.4) is 0 Å². The molecule has 0 N–H and O–H groups in total. The number of nitrogens with zero attached hydrogens (tertiary/aromatic N) is 4. The second-order valence-electron chi connectivity index (χ2n) is 11.7. The van der Waals surface area contributed by atoms with Crippen molar-refractivity contribution in [3.8, 4) is 11.5 Å². The summed E-state index contributed by atoms with van der Waals surface area (Å²) in [7, 11) is 0. The molecule has 0 spiro atoms. The fraction of sp³-hybridized carbons (Fsp3) is 0.600. The molecule has 0 radical (unpaired) electrons. The Balaban J connectivity index is 1.08. The number of hydrogen-bond donors (Lipinski definition) is 0. The highest BCUT2D eigenvalue weighted by molar-refractivity contribution is 6.30. The number of piperidine rings is 1. The van der Waals surface area contributed by atoms with Crippen LogP contribution in [0.4, 0.5) is 5.82 Å². The number of fused-ring (bicyclic) bond motifs is 2. The highest BCUT2D eigenvalue weighted by Gasteiger charge is 2.43. The molecule has 4 unspecified atom stereocenters. The van der Waals surface area contributed by atoms with Crippen molar-refractivity contribution in [1.29, 1.82) is 0 Å². The summed E-state index contributed by atoms with van der Waals surface area (Å²) in [6.45, 7) is 8.85. The van der Waals surface area contributed by atoms with Crippen molar-refractivity contribution in [3.63, 3.8) is 0 Å². The van der Waals surface area contributed by atoms with Crippen LogP contribution in [0, 0.1) is 23.7 Å². The SMILES string of the molecule is CC(Cc1ccc2c(c1)OCO2)CN1CC2CCCCC2C(C(=O)N2CCN(c3ccc(Cl)cn3)CC2)C1. The van der Waals surface area contributed by atoms with Gasteiger partial charge in [-0.3, -0.25) is 4.79 Å². The smallest absolute Gasteiger partial charge is 0.231 e. The summed E-state index contributed by atoms with van der Waals surface area (Å²) in [5, 5.41) is 0.650. The van der Waals surface area contributed by atoms with Gasteiger partial charge in [0.1, 0.15) is 5.82 Å². The van der Waals surface area contributed by atoms with Gasteiger partial charge in [-0.2, -0.15) is 0 Å². The normalized spacial score (nSPS) is 26.2. The average molecular weight is 539 g/mol. The third kappa shape index (κ3) is 5.59. The van der Waals surface area contributed by atoms with E-state index in [2.05, 4.69) is 38.7 Å². The number of piperazine rings is 1. The van der Waals surface area contributed by atoms with Gasteiger partial charge in [0.05, 0.1) is 10.9 Å². The molecular weight excluding hydrogens is 500 g/mol. The van der Waals surface area contributed by atoms with Crippen LogP contribution in [-0.2, 0) is 11.2 Å². The Morgan fingerprint density at radius 3 is 2.68 bits per heavy atom. The van der Waals surface area contributed by atoms with Gasteiger partial charge in [0.2, 0.25) is 12.7 Å². The van der Waals surface area contributed by atoms with Crippen molar-refractivity contribution in [2.45, 2.75) is 39.0 Å². The Bertz CT molecular complexity index is 1120. The lowest BCUT2D eigenvalue weighted by molar-refractivity contribution is -0.142. The van der Waals surface area contributed by atoms with Crippen LogP contribution in [0.15, 0.2) is 36.5 Å². The van der Waals surface area contributed by atoms with Crippen molar-refractivity contribution in [3.05, 3.63) is 47.1 Å². The molecule has 1 aliphatic carbocycles. The third-order valence-corrected chi connectivity index (χ3v) is 9.19. The van der Waals surface area contributed by atoms with Crippen LogP contribution >= 0.6 is 11.6 Å². The average Bonchev–Trinajstić information content (AvgIpc) is 3.41. The van der Waals surface area contributed by atoms with Crippen molar-refractivity contribution in [2.24, 2.45) is 23.7 Å². The van der Waals surface area contributed by atoms with E-state index < -0.39 is 0 Å². The highest BCUT2D eigenvalue weighted by atomic mass is 35.5. The predicted molar refractivity (Wildman–Crippen MR) is 149 cm³/mol. The Hall–Kier alpha value is -2.51. The summed E-state index contributed by atoms with van der Waals surface area (Å²) in [5.41, 5.74) is 1.29. The Morgan fingerprint density at radius 2 is 1.87 bits per heavy atom. The quantitative estimate of drug-likeness (QED) is 0.530. The van der Waals surface area contributed by atoms with Crippen molar-refractivity contribution >= 4 is 23.3 Å². The van der Waals surface area contributed by atoms with Crippen LogP contribution in [-0.4, -0.2) is 73.3 Å². The first kappa shape index (κ1) is 25.8. The van der Waals surface area contributed by atoms with Gasteiger partial charge in [0.15, 0.2) is 11.5 Å². The number of aromatic nitrogens is 1. The van der Waals surface area contributed by atoms with E-state index in [0.717, 1.165) is 69.6 Å². The van der Waals surface area contributed by atoms with Crippen LogP contribution in [0.5, 0.6) is 11.5 Å². The van der Waals surface area contributed by atoms with Gasteiger partial charge in [-0.15, -0.1) is 0 Å². The summed E-state index contributed by atoms with van der Waals surface area (Å²) < 4.78 is 11.0. The zero-order valence-electron chi connectivity index (χ0n) is 22.4. The molecular formula is C30H39ClN4O3. The minimum absolute atomic E-state index is 0.118. The van der Waals surface area contributed by atoms with Gasteiger partial charge >= 0.3 is 0 Å². The summed E-state index contributed by atoms with van der Waals surface area (Å²) in [6, 6.07) is 10.2. The van der Waals surface area contributed by atoms with E-state index in [1.165, 1.54) is 31.2 Å². The number of anilines is 1. The zero-order valence-corrected chi connectivity index (χ0v) is 23.1. The number of rotatable bonds is 6. The van der Waals surface area contributed by atoms with Crippen LogP contribution < -0.4 is 14.4 Å². The first-order chi connectivity index (χ1) is 18.5. The fourth-order valence-electron chi connectivity index (χ4n) is 7.14. The van der Waals surface area contributed by atoms with Crippen LogP contribution in [0.1, 0.15) is 38.2 Å². The van der Waals surface area contributed by atoms with Crippen LogP contribution in [0.2, 0.25) is 5.02 Å². The topological polar surface area (TPSA) is 58.1 Å². The highest BCUT2D eigenvalue weighted by Crippen LogP contribution is 2.41. The molecule has 3 fully saturated rings. The van der Waals surface area contributed by atoms with Gasteiger partial charge in [-0.1, -0.05) is 37.4 Å². The lowest BCUT2D eigenvalue weighted by Gasteiger charge is -2.48. The second kappa shape index (κ2) is 11.3. The van der Waals surface area contributed by atoms with E-state index in [0.29, 0.717) is 35.5 Å². The molecule has 4 heterocycles. The number of pyridine rings is 1. The minimum atomic E-state index is 0.118. The number of benzene rings is 1. The number of likely N-dealkylation sites (tertiary alicyclic amines) is 1. The molecule has 1 saturated carbocycles. The molecule has 2 saturated heterocycles. The number of ether oxygens (including phenoxy) is 2. The van der Waals surface area contributed by atoms with Crippen LogP contribution in [0.25, 0.3) is 0 Å². The third-order valence-electron chi connectivity index (χ3n) is 8.97. The molecule has 1 amide bonds. The molecule has 4 aliphatic rings.